The first kappa shape index (κ1) is 35.7. The lowest BCUT2D eigenvalue weighted by molar-refractivity contribution is 0.00290. The number of rotatable bonds is 6. The number of hydrogen-bond donors (Lipinski definition) is 0. The van der Waals surface area contributed by atoms with Gasteiger partial charge in [0.15, 0.2) is 0 Å². The summed E-state index contributed by atoms with van der Waals surface area (Å²) in [6.45, 7) is 15.4. The number of amides is 2. The Hall–Kier alpha value is -3.13. The molecule has 2 amide bonds. The van der Waals surface area contributed by atoms with E-state index < -0.39 is 11.2 Å². The standard InChI is InChI=1S/C41H60N4O4/c1-40(2,3)48-38(46)43-23-20-30(21-24-43)34-18-10-16-32-27-45(39(47)49-41(4,5)6)33(25-35(32)34)28-44(26-29-13-8-7-9-14-29)36-19-11-15-31-17-12-22-42-37(31)36/h10,12,16-18,22,29-30,33,36H,7-9,11,13-15,19-21,23-28H2,1-6H3/t33-,36-/m0/s1. The number of pyridine rings is 1. The fraction of sp³-hybridized carbons (Fsp3) is 0.683. The Bertz CT molecular complexity index is 1450. The zero-order chi connectivity index (χ0) is 34.8. The first-order valence-corrected chi connectivity index (χ1v) is 19.1. The fourth-order valence-electron chi connectivity index (χ4n) is 8.73. The number of carbonyl (C=O) groups is 2. The summed E-state index contributed by atoms with van der Waals surface area (Å²) in [6.07, 6.45) is 14.1. The van der Waals surface area contributed by atoms with Crippen LogP contribution >= 0.6 is 0 Å². The zero-order valence-electron chi connectivity index (χ0n) is 31.0. The molecule has 2 aliphatic heterocycles. The molecular formula is C41H60N4O4. The molecule has 0 N–H and O–H groups in total. The van der Waals surface area contributed by atoms with Crippen molar-refractivity contribution in [2.24, 2.45) is 5.92 Å². The van der Waals surface area contributed by atoms with Gasteiger partial charge in [0.25, 0.3) is 0 Å². The van der Waals surface area contributed by atoms with Gasteiger partial charge in [0.2, 0.25) is 0 Å². The molecule has 1 aromatic carbocycles. The minimum Gasteiger partial charge on any atom is -0.444 e. The van der Waals surface area contributed by atoms with E-state index in [1.807, 2.05) is 57.5 Å². The topological polar surface area (TPSA) is 75.2 Å². The highest BCUT2D eigenvalue weighted by molar-refractivity contribution is 5.70. The molecule has 2 aliphatic carbocycles. The average Bonchev–Trinajstić information content (AvgIpc) is 3.06. The summed E-state index contributed by atoms with van der Waals surface area (Å²) in [5.41, 5.74) is 5.55. The van der Waals surface area contributed by atoms with Gasteiger partial charge in [-0.1, -0.05) is 43.5 Å². The number of aryl methyl sites for hydroxylation is 1. The summed E-state index contributed by atoms with van der Waals surface area (Å²) in [4.78, 5) is 38.4. The number of ether oxygens (including phenoxy) is 2. The number of aromatic nitrogens is 1. The van der Waals surface area contributed by atoms with E-state index in [9.17, 15) is 9.59 Å². The molecule has 6 rings (SSSR count). The van der Waals surface area contributed by atoms with Gasteiger partial charge >= 0.3 is 12.2 Å². The molecule has 49 heavy (non-hydrogen) atoms. The zero-order valence-corrected chi connectivity index (χ0v) is 31.0. The third-order valence-corrected chi connectivity index (χ3v) is 11.0. The molecule has 0 radical (unpaired) electrons. The van der Waals surface area contributed by atoms with Crippen molar-refractivity contribution < 1.29 is 19.1 Å². The second-order valence-electron chi connectivity index (χ2n) is 17.1. The molecule has 2 aromatic rings. The molecule has 1 aromatic heterocycles. The summed E-state index contributed by atoms with van der Waals surface area (Å²) >= 11 is 0. The van der Waals surface area contributed by atoms with E-state index in [1.54, 1.807) is 0 Å². The lowest BCUT2D eigenvalue weighted by Crippen LogP contribution is -2.53. The number of carbonyl (C=O) groups excluding carboxylic acids is 2. The fourth-order valence-corrected chi connectivity index (χ4v) is 8.73. The summed E-state index contributed by atoms with van der Waals surface area (Å²) in [7, 11) is 0. The minimum absolute atomic E-state index is 0.0111. The highest BCUT2D eigenvalue weighted by atomic mass is 16.6. The van der Waals surface area contributed by atoms with Gasteiger partial charge < -0.3 is 14.4 Å². The molecule has 0 spiro atoms. The number of benzene rings is 1. The maximum Gasteiger partial charge on any atom is 0.410 e. The third kappa shape index (κ3) is 8.97. The molecule has 0 unspecified atom stereocenters. The second kappa shape index (κ2) is 15.0. The van der Waals surface area contributed by atoms with E-state index >= 15 is 0 Å². The highest BCUT2D eigenvalue weighted by Gasteiger charge is 2.39. The van der Waals surface area contributed by atoms with Crippen LogP contribution < -0.4 is 0 Å². The van der Waals surface area contributed by atoms with Crippen LogP contribution in [0.3, 0.4) is 0 Å². The SMILES string of the molecule is CC(C)(C)OC(=O)N1CCC(c2cccc3c2C[C@@H](CN(CC2CCCCC2)[C@H]2CCCc4cccnc42)N(C(=O)OC(C)(C)C)C3)CC1. The van der Waals surface area contributed by atoms with Gasteiger partial charge in [0, 0.05) is 38.9 Å². The van der Waals surface area contributed by atoms with Crippen molar-refractivity contribution in [2.75, 3.05) is 26.2 Å². The van der Waals surface area contributed by atoms with E-state index in [1.165, 1.54) is 66.5 Å². The van der Waals surface area contributed by atoms with E-state index in [2.05, 4.69) is 35.2 Å². The Morgan fingerprint density at radius 3 is 2.22 bits per heavy atom. The van der Waals surface area contributed by atoms with Gasteiger partial charge in [-0.05, 0) is 133 Å². The van der Waals surface area contributed by atoms with Crippen LogP contribution in [-0.4, -0.2) is 75.3 Å². The smallest absolute Gasteiger partial charge is 0.410 e. The van der Waals surface area contributed by atoms with Crippen LogP contribution in [0.15, 0.2) is 36.5 Å². The van der Waals surface area contributed by atoms with Crippen LogP contribution in [0.2, 0.25) is 0 Å². The van der Waals surface area contributed by atoms with Crippen molar-refractivity contribution >= 4 is 12.2 Å². The molecule has 2 fully saturated rings. The van der Waals surface area contributed by atoms with Crippen molar-refractivity contribution in [2.45, 2.75) is 148 Å². The van der Waals surface area contributed by atoms with Crippen LogP contribution in [0.5, 0.6) is 0 Å². The molecule has 1 saturated carbocycles. The molecule has 1 saturated heterocycles. The number of nitrogens with zero attached hydrogens (tertiary/aromatic N) is 4. The maximum atomic E-state index is 14.0. The largest absolute Gasteiger partial charge is 0.444 e. The number of likely N-dealkylation sites (tertiary alicyclic amines) is 1. The van der Waals surface area contributed by atoms with Gasteiger partial charge in [0.1, 0.15) is 11.2 Å². The van der Waals surface area contributed by atoms with Gasteiger partial charge in [0.05, 0.1) is 17.8 Å². The molecular weight excluding hydrogens is 612 g/mol. The quantitative estimate of drug-likeness (QED) is 0.305. The van der Waals surface area contributed by atoms with Gasteiger partial charge in [-0.3, -0.25) is 14.8 Å². The van der Waals surface area contributed by atoms with Crippen LogP contribution in [0.25, 0.3) is 0 Å². The maximum absolute atomic E-state index is 14.0. The summed E-state index contributed by atoms with van der Waals surface area (Å²) in [6, 6.07) is 11.2. The van der Waals surface area contributed by atoms with Crippen LogP contribution in [0.1, 0.15) is 139 Å². The van der Waals surface area contributed by atoms with E-state index in [0.29, 0.717) is 31.5 Å². The lowest BCUT2D eigenvalue weighted by atomic mass is 9.80. The second-order valence-corrected chi connectivity index (χ2v) is 17.1. The average molecular weight is 673 g/mol. The Morgan fingerprint density at radius 2 is 1.51 bits per heavy atom. The molecule has 268 valence electrons. The van der Waals surface area contributed by atoms with Crippen LogP contribution in [0.4, 0.5) is 9.59 Å². The Kier molecular flexibility index (Phi) is 10.9. The summed E-state index contributed by atoms with van der Waals surface area (Å²) in [5, 5.41) is 0. The van der Waals surface area contributed by atoms with Gasteiger partial charge in [-0.15, -0.1) is 0 Å². The number of fused-ring (bicyclic) bond motifs is 2. The summed E-state index contributed by atoms with van der Waals surface area (Å²) in [5.74, 6) is 1.05. The lowest BCUT2D eigenvalue weighted by Gasteiger charge is -2.44. The Morgan fingerprint density at radius 1 is 0.816 bits per heavy atom. The van der Waals surface area contributed by atoms with Crippen molar-refractivity contribution in [1.29, 1.82) is 0 Å². The van der Waals surface area contributed by atoms with Crippen molar-refractivity contribution in [1.82, 2.24) is 19.7 Å². The van der Waals surface area contributed by atoms with Crippen LogP contribution in [-0.2, 0) is 28.9 Å². The Balaban J connectivity index is 1.28. The first-order chi connectivity index (χ1) is 23.3. The van der Waals surface area contributed by atoms with Gasteiger partial charge in [-0.25, -0.2) is 9.59 Å². The predicted octanol–water partition coefficient (Wildman–Crippen LogP) is 8.82. The minimum atomic E-state index is -0.570. The molecule has 0 bridgehead atoms. The highest BCUT2D eigenvalue weighted by Crippen LogP contribution is 2.39. The molecule has 4 aliphatic rings. The Labute approximate surface area is 294 Å². The predicted molar refractivity (Wildman–Crippen MR) is 194 cm³/mol. The van der Waals surface area contributed by atoms with E-state index in [4.69, 9.17) is 14.5 Å². The monoisotopic (exact) mass is 672 g/mol. The van der Waals surface area contributed by atoms with Crippen LogP contribution in [0, 0.1) is 5.92 Å². The normalized spacial score (nSPS) is 22.4. The van der Waals surface area contributed by atoms with Gasteiger partial charge in [-0.2, -0.15) is 0 Å². The molecule has 8 nitrogen and oxygen atoms in total. The number of piperidine rings is 1. The summed E-state index contributed by atoms with van der Waals surface area (Å²) < 4.78 is 11.8. The van der Waals surface area contributed by atoms with E-state index in [-0.39, 0.29) is 24.3 Å². The van der Waals surface area contributed by atoms with Crippen molar-refractivity contribution in [3.63, 3.8) is 0 Å². The third-order valence-electron chi connectivity index (χ3n) is 11.0. The van der Waals surface area contributed by atoms with E-state index in [0.717, 1.165) is 45.2 Å². The van der Waals surface area contributed by atoms with Crippen molar-refractivity contribution in [3.05, 3.63) is 64.5 Å². The molecule has 3 heterocycles. The molecule has 2 atom stereocenters. The molecule has 8 heteroatoms. The van der Waals surface area contributed by atoms with Crippen molar-refractivity contribution in [3.8, 4) is 0 Å². The number of hydrogen-bond acceptors (Lipinski definition) is 6. The first-order valence-electron chi connectivity index (χ1n) is 19.1.